The summed E-state index contributed by atoms with van der Waals surface area (Å²) in [5, 5.41) is 30.7. The van der Waals surface area contributed by atoms with Crippen molar-refractivity contribution < 1.29 is 0 Å². The van der Waals surface area contributed by atoms with Crippen LogP contribution >= 0.6 is 0 Å². The number of nitriles is 1. The van der Waals surface area contributed by atoms with E-state index in [1.807, 2.05) is 32.9 Å². The molecule has 0 saturated carbocycles. The summed E-state index contributed by atoms with van der Waals surface area (Å²) < 4.78 is 1.75. The molecule has 3 aromatic heterocycles. The van der Waals surface area contributed by atoms with Crippen LogP contribution in [0.1, 0.15) is 22.6 Å². The zero-order valence-corrected chi connectivity index (χ0v) is 15.0. The van der Waals surface area contributed by atoms with E-state index in [1.54, 1.807) is 4.52 Å². The lowest BCUT2D eigenvalue weighted by Gasteiger charge is -2.36. The number of anilines is 2. The molecule has 1 saturated heterocycles. The SMILES string of the molecule is Cc1nnc(N2CCN(c3ccc4nnc(C)n4n3)CC2)c(C#N)c1C. The van der Waals surface area contributed by atoms with Crippen molar-refractivity contribution in [2.75, 3.05) is 36.0 Å². The smallest absolute Gasteiger partial charge is 0.178 e. The molecular weight excluding hydrogens is 330 g/mol. The van der Waals surface area contributed by atoms with Gasteiger partial charge in [0.25, 0.3) is 0 Å². The maximum atomic E-state index is 9.51. The van der Waals surface area contributed by atoms with Crippen LogP contribution in [0, 0.1) is 32.1 Å². The van der Waals surface area contributed by atoms with E-state index in [2.05, 4.69) is 41.4 Å². The fourth-order valence-corrected chi connectivity index (χ4v) is 3.15. The number of nitrogens with zero attached hydrogens (tertiary/aromatic N) is 9. The Labute approximate surface area is 150 Å². The van der Waals surface area contributed by atoms with Gasteiger partial charge in [-0.25, -0.2) is 0 Å². The van der Waals surface area contributed by atoms with Crippen LogP contribution in [0.25, 0.3) is 5.65 Å². The molecule has 3 aromatic rings. The van der Waals surface area contributed by atoms with Crippen molar-refractivity contribution in [2.45, 2.75) is 20.8 Å². The molecule has 0 bridgehead atoms. The predicted octanol–water partition coefficient (Wildman–Crippen LogP) is 1.04. The number of hydrogen-bond donors (Lipinski definition) is 0. The van der Waals surface area contributed by atoms with Gasteiger partial charge < -0.3 is 9.80 Å². The summed E-state index contributed by atoms with van der Waals surface area (Å²) in [6, 6.07) is 6.18. The second-order valence-corrected chi connectivity index (χ2v) is 6.40. The first-order valence-corrected chi connectivity index (χ1v) is 8.51. The summed E-state index contributed by atoms with van der Waals surface area (Å²) in [6.07, 6.45) is 0. The van der Waals surface area contributed by atoms with Crippen LogP contribution in [-0.4, -0.2) is 56.2 Å². The van der Waals surface area contributed by atoms with Gasteiger partial charge in [0, 0.05) is 26.2 Å². The number of fused-ring (bicyclic) bond motifs is 1. The van der Waals surface area contributed by atoms with Gasteiger partial charge in [-0.15, -0.1) is 20.4 Å². The zero-order valence-electron chi connectivity index (χ0n) is 15.0. The minimum atomic E-state index is 0.616. The highest BCUT2D eigenvalue weighted by Crippen LogP contribution is 2.23. The lowest BCUT2D eigenvalue weighted by atomic mass is 10.1. The van der Waals surface area contributed by atoms with Gasteiger partial charge in [-0.3, -0.25) is 0 Å². The molecule has 26 heavy (non-hydrogen) atoms. The van der Waals surface area contributed by atoms with E-state index in [0.29, 0.717) is 11.4 Å². The van der Waals surface area contributed by atoms with Crippen LogP contribution < -0.4 is 9.80 Å². The quantitative estimate of drug-likeness (QED) is 0.677. The Kier molecular flexibility index (Phi) is 3.88. The first-order valence-electron chi connectivity index (χ1n) is 8.51. The van der Waals surface area contributed by atoms with Crippen molar-refractivity contribution >= 4 is 17.3 Å². The highest BCUT2D eigenvalue weighted by atomic mass is 15.4. The molecule has 1 aliphatic rings. The summed E-state index contributed by atoms with van der Waals surface area (Å²) >= 11 is 0. The fraction of sp³-hybridized carbons (Fsp3) is 0.412. The van der Waals surface area contributed by atoms with Gasteiger partial charge in [-0.1, -0.05) is 0 Å². The zero-order chi connectivity index (χ0) is 18.3. The molecule has 0 unspecified atom stereocenters. The highest BCUT2D eigenvalue weighted by Gasteiger charge is 2.23. The Morgan fingerprint density at radius 3 is 2.38 bits per heavy atom. The van der Waals surface area contributed by atoms with Gasteiger partial charge in [0.1, 0.15) is 17.5 Å². The van der Waals surface area contributed by atoms with E-state index < -0.39 is 0 Å². The van der Waals surface area contributed by atoms with Crippen LogP contribution in [0.4, 0.5) is 11.6 Å². The molecule has 4 rings (SSSR count). The average Bonchev–Trinajstić information content (AvgIpc) is 3.04. The second-order valence-electron chi connectivity index (χ2n) is 6.40. The van der Waals surface area contributed by atoms with Crippen LogP contribution in [0.15, 0.2) is 12.1 Å². The monoisotopic (exact) mass is 349 g/mol. The van der Waals surface area contributed by atoms with Crippen LogP contribution in [0.2, 0.25) is 0 Å². The molecule has 1 fully saturated rings. The Morgan fingerprint density at radius 2 is 1.65 bits per heavy atom. The number of hydrogen-bond acceptors (Lipinski definition) is 8. The minimum Gasteiger partial charge on any atom is -0.352 e. The normalized spacial score (nSPS) is 14.7. The predicted molar refractivity (Wildman–Crippen MR) is 96.2 cm³/mol. The number of piperazine rings is 1. The van der Waals surface area contributed by atoms with Gasteiger partial charge in [0.15, 0.2) is 17.3 Å². The average molecular weight is 349 g/mol. The van der Waals surface area contributed by atoms with Crippen LogP contribution in [0.3, 0.4) is 0 Å². The van der Waals surface area contributed by atoms with Gasteiger partial charge in [-0.05, 0) is 38.5 Å². The van der Waals surface area contributed by atoms with Crippen molar-refractivity contribution in [2.24, 2.45) is 0 Å². The molecule has 0 amide bonds. The van der Waals surface area contributed by atoms with E-state index in [-0.39, 0.29) is 0 Å². The van der Waals surface area contributed by atoms with E-state index in [4.69, 9.17) is 0 Å². The van der Waals surface area contributed by atoms with Gasteiger partial charge in [0.05, 0.1) is 5.69 Å². The van der Waals surface area contributed by atoms with Gasteiger partial charge >= 0.3 is 0 Å². The van der Waals surface area contributed by atoms with Crippen LogP contribution in [-0.2, 0) is 0 Å². The first kappa shape index (κ1) is 16.2. The first-order chi connectivity index (χ1) is 12.6. The topological polar surface area (TPSA) is 99.1 Å². The maximum absolute atomic E-state index is 9.51. The van der Waals surface area contributed by atoms with Crippen molar-refractivity contribution in [3.8, 4) is 6.07 Å². The molecule has 132 valence electrons. The van der Waals surface area contributed by atoms with E-state index >= 15 is 0 Å². The standard InChI is InChI=1S/C17H19N9/c1-11-12(2)19-22-17(14(11)10-18)25-8-6-24(7-9-25)16-5-4-15-21-20-13(3)26(15)23-16/h4-5H,6-9H2,1-3H3. The summed E-state index contributed by atoms with van der Waals surface area (Å²) in [7, 11) is 0. The lowest BCUT2D eigenvalue weighted by molar-refractivity contribution is 0.630. The van der Waals surface area contributed by atoms with Crippen molar-refractivity contribution in [1.29, 1.82) is 5.26 Å². The molecule has 0 aromatic carbocycles. The lowest BCUT2D eigenvalue weighted by Crippen LogP contribution is -2.47. The third-order valence-corrected chi connectivity index (χ3v) is 4.86. The molecule has 0 spiro atoms. The Hall–Kier alpha value is -3.28. The largest absolute Gasteiger partial charge is 0.352 e. The Bertz CT molecular complexity index is 1010. The van der Waals surface area contributed by atoms with E-state index in [1.165, 1.54) is 0 Å². The fourth-order valence-electron chi connectivity index (χ4n) is 3.15. The van der Waals surface area contributed by atoms with Gasteiger partial charge in [0.2, 0.25) is 0 Å². The molecule has 0 radical (unpaired) electrons. The summed E-state index contributed by atoms with van der Waals surface area (Å²) in [6.45, 7) is 8.77. The molecule has 0 N–H and O–H groups in total. The van der Waals surface area contributed by atoms with E-state index in [0.717, 1.165) is 54.7 Å². The third-order valence-electron chi connectivity index (χ3n) is 4.86. The maximum Gasteiger partial charge on any atom is 0.178 e. The molecule has 0 aliphatic carbocycles. The molecule has 9 nitrogen and oxygen atoms in total. The summed E-state index contributed by atoms with van der Waals surface area (Å²) in [4.78, 5) is 4.34. The molecular formula is C17H19N9. The van der Waals surface area contributed by atoms with Crippen molar-refractivity contribution in [1.82, 2.24) is 30.0 Å². The summed E-state index contributed by atoms with van der Waals surface area (Å²) in [5.74, 6) is 2.34. The number of aromatic nitrogens is 6. The molecule has 9 heteroatoms. The van der Waals surface area contributed by atoms with E-state index in [9.17, 15) is 5.26 Å². The minimum absolute atomic E-state index is 0.616. The number of aryl methyl sites for hydroxylation is 2. The van der Waals surface area contributed by atoms with Crippen molar-refractivity contribution in [3.05, 3.63) is 34.8 Å². The molecule has 4 heterocycles. The Balaban J connectivity index is 1.55. The Morgan fingerprint density at radius 1 is 0.923 bits per heavy atom. The third kappa shape index (κ3) is 2.60. The molecule has 0 atom stereocenters. The van der Waals surface area contributed by atoms with Crippen molar-refractivity contribution in [3.63, 3.8) is 0 Å². The van der Waals surface area contributed by atoms with Gasteiger partial charge in [-0.2, -0.15) is 14.9 Å². The highest BCUT2D eigenvalue weighted by molar-refractivity contribution is 5.58. The molecule has 1 aliphatic heterocycles. The second kappa shape index (κ2) is 6.22. The number of rotatable bonds is 2. The summed E-state index contributed by atoms with van der Waals surface area (Å²) in [5.41, 5.74) is 3.06. The van der Waals surface area contributed by atoms with Crippen LogP contribution in [0.5, 0.6) is 0 Å².